The third-order valence-corrected chi connectivity index (χ3v) is 3.17. The predicted molar refractivity (Wildman–Crippen MR) is 64.4 cm³/mol. The van der Waals surface area contributed by atoms with E-state index in [1.807, 2.05) is 13.0 Å². The lowest BCUT2D eigenvalue weighted by atomic mass is 10.2. The van der Waals surface area contributed by atoms with E-state index in [4.69, 9.17) is 11.6 Å². The first kappa shape index (κ1) is 12.3. The van der Waals surface area contributed by atoms with Crippen LogP contribution >= 0.6 is 11.6 Å². The van der Waals surface area contributed by atoms with Crippen LogP contribution in [0.25, 0.3) is 0 Å². The van der Waals surface area contributed by atoms with E-state index >= 15 is 0 Å². The molecule has 15 heavy (non-hydrogen) atoms. The quantitative estimate of drug-likeness (QED) is 0.887. The SMILES string of the molecule is Cc1ccc(Cl)cc1NCCS(C)(=O)=O. The zero-order valence-corrected chi connectivity index (χ0v) is 10.3. The number of aryl methyl sites for hydroxylation is 1. The maximum Gasteiger partial charge on any atom is 0.149 e. The molecule has 1 N–H and O–H groups in total. The molecule has 0 saturated carbocycles. The zero-order chi connectivity index (χ0) is 11.5. The van der Waals surface area contributed by atoms with Crippen molar-refractivity contribution in [3.8, 4) is 0 Å². The lowest BCUT2D eigenvalue weighted by molar-refractivity contribution is 0.602. The van der Waals surface area contributed by atoms with E-state index in [2.05, 4.69) is 5.32 Å². The smallest absolute Gasteiger partial charge is 0.149 e. The average Bonchev–Trinajstić information content (AvgIpc) is 2.09. The van der Waals surface area contributed by atoms with Gasteiger partial charge in [0.2, 0.25) is 0 Å². The topological polar surface area (TPSA) is 46.2 Å². The van der Waals surface area contributed by atoms with Gasteiger partial charge in [0.05, 0.1) is 5.75 Å². The molecule has 0 bridgehead atoms. The summed E-state index contributed by atoms with van der Waals surface area (Å²) in [5, 5.41) is 3.69. The highest BCUT2D eigenvalue weighted by atomic mass is 35.5. The van der Waals surface area contributed by atoms with Crippen molar-refractivity contribution in [2.75, 3.05) is 23.9 Å². The van der Waals surface area contributed by atoms with Crippen molar-refractivity contribution >= 4 is 27.1 Å². The summed E-state index contributed by atoms with van der Waals surface area (Å²) < 4.78 is 21.8. The van der Waals surface area contributed by atoms with Gasteiger partial charge in [0.15, 0.2) is 0 Å². The summed E-state index contributed by atoms with van der Waals surface area (Å²) in [6.07, 6.45) is 1.22. The van der Waals surface area contributed by atoms with Crippen LogP contribution in [0.5, 0.6) is 0 Å². The highest BCUT2D eigenvalue weighted by Crippen LogP contribution is 2.19. The van der Waals surface area contributed by atoms with Gasteiger partial charge in [-0.2, -0.15) is 0 Å². The molecule has 0 radical (unpaired) electrons. The number of benzene rings is 1. The largest absolute Gasteiger partial charge is 0.384 e. The van der Waals surface area contributed by atoms with Crippen molar-refractivity contribution in [2.45, 2.75) is 6.92 Å². The van der Waals surface area contributed by atoms with Crippen LogP contribution in [0.1, 0.15) is 5.56 Å². The van der Waals surface area contributed by atoms with Gasteiger partial charge in [0, 0.05) is 23.5 Å². The Labute approximate surface area is 95.4 Å². The van der Waals surface area contributed by atoms with Crippen molar-refractivity contribution in [2.24, 2.45) is 0 Å². The van der Waals surface area contributed by atoms with Gasteiger partial charge in [-0.1, -0.05) is 17.7 Å². The Balaban J connectivity index is 2.61. The highest BCUT2D eigenvalue weighted by Gasteiger charge is 2.03. The molecule has 0 saturated heterocycles. The fourth-order valence-electron chi connectivity index (χ4n) is 1.16. The normalized spacial score (nSPS) is 11.4. The van der Waals surface area contributed by atoms with E-state index in [1.165, 1.54) is 6.26 Å². The fourth-order valence-corrected chi connectivity index (χ4v) is 1.80. The molecule has 0 amide bonds. The Kier molecular flexibility index (Phi) is 3.99. The molecule has 0 fully saturated rings. The van der Waals surface area contributed by atoms with Crippen LogP contribution < -0.4 is 5.32 Å². The second-order valence-corrected chi connectivity index (χ2v) is 6.21. The summed E-state index contributed by atoms with van der Waals surface area (Å²) in [5.41, 5.74) is 1.93. The van der Waals surface area contributed by atoms with Gasteiger partial charge in [-0.3, -0.25) is 0 Å². The van der Waals surface area contributed by atoms with E-state index in [9.17, 15) is 8.42 Å². The molecule has 1 aromatic rings. The summed E-state index contributed by atoms with van der Waals surface area (Å²) in [7, 11) is -2.91. The van der Waals surface area contributed by atoms with Crippen LogP contribution in [-0.4, -0.2) is 27.0 Å². The minimum Gasteiger partial charge on any atom is -0.384 e. The standard InChI is InChI=1S/C10H14ClNO2S/c1-8-3-4-9(11)7-10(8)12-5-6-15(2,13)14/h3-4,7,12H,5-6H2,1-2H3. The molecule has 0 aromatic heterocycles. The van der Waals surface area contributed by atoms with Crippen molar-refractivity contribution in [1.29, 1.82) is 0 Å². The molecule has 0 unspecified atom stereocenters. The third-order valence-electron chi connectivity index (χ3n) is 1.99. The maximum absolute atomic E-state index is 10.9. The van der Waals surface area contributed by atoms with Crippen LogP contribution in [0.2, 0.25) is 5.02 Å². The van der Waals surface area contributed by atoms with Crippen LogP contribution in [0.3, 0.4) is 0 Å². The number of halogens is 1. The van der Waals surface area contributed by atoms with Crippen molar-refractivity contribution in [3.63, 3.8) is 0 Å². The van der Waals surface area contributed by atoms with Crippen molar-refractivity contribution < 1.29 is 8.42 Å². The summed E-state index contributed by atoms with van der Waals surface area (Å²) in [6, 6.07) is 5.49. The van der Waals surface area contributed by atoms with Gasteiger partial charge in [0.25, 0.3) is 0 Å². The molecule has 0 aliphatic rings. The Morgan fingerprint density at radius 1 is 1.40 bits per heavy atom. The Morgan fingerprint density at radius 2 is 2.07 bits per heavy atom. The van der Waals surface area contributed by atoms with E-state index in [0.29, 0.717) is 11.6 Å². The van der Waals surface area contributed by atoms with Crippen LogP contribution in [0.15, 0.2) is 18.2 Å². The molecule has 0 aliphatic carbocycles. The number of hydrogen-bond acceptors (Lipinski definition) is 3. The number of anilines is 1. The first-order valence-electron chi connectivity index (χ1n) is 4.56. The summed E-state index contributed by atoms with van der Waals surface area (Å²) >= 11 is 5.83. The van der Waals surface area contributed by atoms with E-state index in [0.717, 1.165) is 11.3 Å². The highest BCUT2D eigenvalue weighted by molar-refractivity contribution is 7.90. The van der Waals surface area contributed by atoms with E-state index in [1.54, 1.807) is 12.1 Å². The molecule has 0 heterocycles. The molecule has 0 atom stereocenters. The monoisotopic (exact) mass is 247 g/mol. The molecule has 84 valence electrons. The fraction of sp³-hybridized carbons (Fsp3) is 0.400. The van der Waals surface area contributed by atoms with Crippen LogP contribution in [-0.2, 0) is 9.84 Å². The molecule has 0 spiro atoms. The summed E-state index contributed by atoms with van der Waals surface area (Å²) in [5.74, 6) is 0.124. The van der Waals surface area contributed by atoms with Gasteiger partial charge < -0.3 is 5.32 Å². The first-order chi connectivity index (χ1) is 6.88. The molecular formula is C10H14ClNO2S. The molecule has 5 heteroatoms. The molecule has 0 aliphatic heterocycles. The van der Waals surface area contributed by atoms with Crippen molar-refractivity contribution in [3.05, 3.63) is 28.8 Å². The minimum atomic E-state index is -2.91. The molecular weight excluding hydrogens is 234 g/mol. The van der Waals surface area contributed by atoms with Gasteiger partial charge >= 0.3 is 0 Å². The Bertz CT molecular complexity index is 443. The van der Waals surface area contributed by atoms with Gasteiger partial charge in [0.1, 0.15) is 9.84 Å². The van der Waals surface area contributed by atoms with Gasteiger partial charge in [-0.25, -0.2) is 8.42 Å². The first-order valence-corrected chi connectivity index (χ1v) is 7.00. The molecule has 1 rings (SSSR count). The maximum atomic E-state index is 10.9. The number of rotatable bonds is 4. The van der Waals surface area contributed by atoms with E-state index < -0.39 is 9.84 Å². The Hall–Kier alpha value is -0.740. The third kappa shape index (κ3) is 4.53. The summed E-state index contributed by atoms with van der Waals surface area (Å²) in [4.78, 5) is 0. The van der Waals surface area contributed by atoms with Gasteiger partial charge in [-0.05, 0) is 24.6 Å². The number of hydrogen-bond donors (Lipinski definition) is 1. The van der Waals surface area contributed by atoms with Gasteiger partial charge in [-0.15, -0.1) is 0 Å². The second kappa shape index (κ2) is 4.86. The number of sulfone groups is 1. The summed E-state index contributed by atoms with van der Waals surface area (Å²) in [6.45, 7) is 2.35. The molecule has 1 aromatic carbocycles. The lowest BCUT2D eigenvalue weighted by Crippen LogP contribution is -2.14. The van der Waals surface area contributed by atoms with Crippen molar-refractivity contribution in [1.82, 2.24) is 0 Å². The molecule has 3 nitrogen and oxygen atoms in total. The number of nitrogens with one attached hydrogen (secondary N) is 1. The van der Waals surface area contributed by atoms with E-state index in [-0.39, 0.29) is 5.75 Å². The van der Waals surface area contributed by atoms with Crippen LogP contribution in [0, 0.1) is 6.92 Å². The Morgan fingerprint density at radius 3 is 2.67 bits per heavy atom. The average molecular weight is 248 g/mol. The van der Waals surface area contributed by atoms with Crippen LogP contribution in [0.4, 0.5) is 5.69 Å². The zero-order valence-electron chi connectivity index (χ0n) is 8.75. The second-order valence-electron chi connectivity index (χ2n) is 3.52. The minimum absolute atomic E-state index is 0.124. The predicted octanol–water partition coefficient (Wildman–Crippen LogP) is 2.10. The lowest BCUT2D eigenvalue weighted by Gasteiger charge is -2.08.